The van der Waals surface area contributed by atoms with Gasteiger partial charge in [0.15, 0.2) is 0 Å². The number of hydrogen-bond donors (Lipinski definition) is 2. The van der Waals surface area contributed by atoms with Crippen molar-refractivity contribution in [2.45, 2.75) is 19.3 Å². The SMILES string of the molecule is c1ccc(CCc2nc(N3CCCNCC3)n[nH]2)nc1. The van der Waals surface area contributed by atoms with Crippen LogP contribution in [0.5, 0.6) is 0 Å². The molecular weight excluding hydrogens is 252 g/mol. The van der Waals surface area contributed by atoms with Crippen LogP contribution in [0.15, 0.2) is 24.4 Å². The lowest BCUT2D eigenvalue weighted by Gasteiger charge is -2.16. The molecule has 6 heteroatoms. The summed E-state index contributed by atoms with van der Waals surface area (Å²) in [5, 5.41) is 10.8. The molecule has 2 aromatic rings. The van der Waals surface area contributed by atoms with E-state index in [4.69, 9.17) is 0 Å². The minimum Gasteiger partial charge on any atom is -0.338 e. The molecular formula is C14H20N6. The fraction of sp³-hybridized carbons (Fsp3) is 0.500. The maximum absolute atomic E-state index is 4.59. The molecule has 0 bridgehead atoms. The van der Waals surface area contributed by atoms with Crippen LogP contribution in [-0.2, 0) is 12.8 Å². The fourth-order valence-corrected chi connectivity index (χ4v) is 2.38. The molecule has 1 fully saturated rings. The van der Waals surface area contributed by atoms with Crippen LogP contribution < -0.4 is 10.2 Å². The molecule has 3 heterocycles. The Hall–Kier alpha value is -1.95. The average Bonchev–Trinajstić information content (AvgIpc) is 2.80. The molecule has 1 aliphatic rings. The van der Waals surface area contributed by atoms with Gasteiger partial charge < -0.3 is 10.2 Å². The van der Waals surface area contributed by atoms with Gasteiger partial charge in [0.2, 0.25) is 5.95 Å². The molecule has 0 unspecified atom stereocenters. The van der Waals surface area contributed by atoms with E-state index >= 15 is 0 Å². The zero-order valence-corrected chi connectivity index (χ0v) is 11.5. The van der Waals surface area contributed by atoms with Gasteiger partial charge in [-0.2, -0.15) is 4.98 Å². The number of aromatic amines is 1. The number of aromatic nitrogens is 4. The van der Waals surface area contributed by atoms with E-state index < -0.39 is 0 Å². The molecule has 0 amide bonds. The molecule has 106 valence electrons. The van der Waals surface area contributed by atoms with E-state index in [1.54, 1.807) is 0 Å². The highest BCUT2D eigenvalue weighted by Gasteiger charge is 2.14. The molecule has 0 saturated carbocycles. The second-order valence-corrected chi connectivity index (χ2v) is 4.99. The molecule has 20 heavy (non-hydrogen) atoms. The molecule has 2 aromatic heterocycles. The maximum atomic E-state index is 4.59. The lowest BCUT2D eigenvalue weighted by Crippen LogP contribution is -2.28. The first-order chi connectivity index (χ1) is 9.92. The van der Waals surface area contributed by atoms with E-state index in [2.05, 4.69) is 30.4 Å². The molecule has 1 saturated heterocycles. The number of aryl methyl sites for hydroxylation is 2. The van der Waals surface area contributed by atoms with Crippen molar-refractivity contribution in [2.75, 3.05) is 31.1 Å². The van der Waals surface area contributed by atoms with Crippen molar-refractivity contribution in [3.05, 3.63) is 35.9 Å². The van der Waals surface area contributed by atoms with Gasteiger partial charge in [-0.25, -0.2) is 0 Å². The Morgan fingerprint density at radius 2 is 2.15 bits per heavy atom. The first kappa shape index (κ1) is 13.1. The van der Waals surface area contributed by atoms with Gasteiger partial charge in [-0.15, -0.1) is 5.10 Å². The van der Waals surface area contributed by atoms with Crippen LogP contribution >= 0.6 is 0 Å². The van der Waals surface area contributed by atoms with Gasteiger partial charge in [0, 0.05) is 37.9 Å². The van der Waals surface area contributed by atoms with Gasteiger partial charge in [0.25, 0.3) is 0 Å². The van der Waals surface area contributed by atoms with Crippen LogP contribution in [0, 0.1) is 0 Å². The van der Waals surface area contributed by atoms with E-state index in [1.807, 2.05) is 24.4 Å². The zero-order valence-electron chi connectivity index (χ0n) is 11.5. The van der Waals surface area contributed by atoms with Crippen LogP contribution in [0.25, 0.3) is 0 Å². The normalized spacial score (nSPS) is 16.1. The standard InChI is InChI=1S/C14H20N6/c1-2-8-16-12(4-1)5-6-13-17-14(19-18-13)20-10-3-7-15-9-11-20/h1-2,4,8,15H,3,5-7,9-11H2,(H,17,18,19). The lowest BCUT2D eigenvalue weighted by atomic mass is 10.2. The van der Waals surface area contributed by atoms with Crippen LogP contribution in [0.3, 0.4) is 0 Å². The number of H-pyrrole nitrogens is 1. The van der Waals surface area contributed by atoms with Crippen molar-refractivity contribution in [2.24, 2.45) is 0 Å². The Morgan fingerprint density at radius 1 is 1.15 bits per heavy atom. The summed E-state index contributed by atoms with van der Waals surface area (Å²) in [4.78, 5) is 11.2. The Morgan fingerprint density at radius 3 is 3.05 bits per heavy atom. The average molecular weight is 272 g/mol. The molecule has 0 aliphatic carbocycles. The summed E-state index contributed by atoms with van der Waals surface area (Å²) in [5.74, 6) is 1.76. The van der Waals surface area contributed by atoms with Gasteiger partial charge in [-0.1, -0.05) is 6.07 Å². The third kappa shape index (κ3) is 3.33. The van der Waals surface area contributed by atoms with Crippen LogP contribution in [0.2, 0.25) is 0 Å². The molecule has 6 nitrogen and oxygen atoms in total. The summed E-state index contributed by atoms with van der Waals surface area (Å²) in [6.07, 6.45) is 4.69. The van der Waals surface area contributed by atoms with Crippen molar-refractivity contribution >= 4 is 5.95 Å². The van der Waals surface area contributed by atoms with Crippen molar-refractivity contribution in [3.63, 3.8) is 0 Å². The fourth-order valence-electron chi connectivity index (χ4n) is 2.38. The van der Waals surface area contributed by atoms with Crippen molar-refractivity contribution in [1.29, 1.82) is 0 Å². The van der Waals surface area contributed by atoms with Gasteiger partial charge in [-0.3, -0.25) is 10.1 Å². The Balaban J connectivity index is 1.58. The van der Waals surface area contributed by atoms with E-state index in [-0.39, 0.29) is 0 Å². The smallest absolute Gasteiger partial charge is 0.244 e. The Labute approximate surface area is 118 Å². The number of hydrogen-bond acceptors (Lipinski definition) is 5. The van der Waals surface area contributed by atoms with Crippen molar-refractivity contribution < 1.29 is 0 Å². The van der Waals surface area contributed by atoms with E-state index in [1.165, 1.54) is 0 Å². The Kier molecular flexibility index (Phi) is 4.22. The third-order valence-corrected chi connectivity index (χ3v) is 3.49. The molecule has 0 aromatic carbocycles. The van der Waals surface area contributed by atoms with E-state index in [0.717, 1.165) is 62.9 Å². The first-order valence-corrected chi connectivity index (χ1v) is 7.19. The minimum absolute atomic E-state index is 0.824. The molecule has 0 spiro atoms. The van der Waals surface area contributed by atoms with Crippen LogP contribution in [-0.4, -0.2) is 46.3 Å². The maximum Gasteiger partial charge on any atom is 0.244 e. The number of rotatable bonds is 4. The number of anilines is 1. The first-order valence-electron chi connectivity index (χ1n) is 7.19. The lowest BCUT2D eigenvalue weighted by molar-refractivity contribution is 0.724. The second-order valence-electron chi connectivity index (χ2n) is 4.99. The topological polar surface area (TPSA) is 69.7 Å². The van der Waals surface area contributed by atoms with Gasteiger partial charge >= 0.3 is 0 Å². The Bertz CT molecular complexity index is 515. The minimum atomic E-state index is 0.824. The van der Waals surface area contributed by atoms with Crippen molar-refractivity contribution in [1.82, 2.24) is 25.5 Å². The molecule has 3 rings (SSSR count). The number of nitrogens with one attached hydrogen (secondary N) is 2. The summed E-state index contributed by atoms with van der Waals surface area (Å²) < 4.78 is 0. The quantitative estimate of drug-likeness (QED) is 0.861. The summed E-state index contributed by atoms with van der Waals surface area (Å²) in [7, 11) is 0. The molecule has 0 atom stereocenters. The van der Waals surface area contributed by atoms with Crippen LogP contribution in [0.1, 0.15) is 17.9 Å². The van der Waals surface area contributed by atoms with Crippen molar-refractivity contribution in [3.8, 4) is 0 Å². The number of pyridine rings is 1. The third-order valence-electron chi connectivity index (χ3n) is 3.49. The predicted molar refractivity (Wildman–Crippen MR) is 77.7 cm³/mol. The summed E-state index contributed by atoms with van der Waals surface area (Å²) >= 11 is 0. The highest BCUT2D eigenvalue weighted by molar-refractivity contribution is 5.29. The van der Waals surface area contributed by atoms with Crippen LogP contribution in [0.4, 0.5) is 5.95 Å². The summed E-state index contributed by atoms with van der Waals surface area (Å²) in [6.45, 7) is 4.06. The largest absolute Gasteiger partial charge is 0.338 e. The van der Waals surface area contributed by atoms with E-state index in [9.17, 15) is 0 Å². The molecule has 2 N–H and O–H groups in total. The predicted octanol–water partition coefficient (Wildman–Crippen LogP) is 0.785. The number of nitrogens with zero attached hydrogens (tertiary/aromatic N) is 4. The molecule has 1 aliphatic heterocycles. The molecule has 0 radical (unpaired) electrons. The summed E-state index contributed by atoms with van der Waals surface area (Å²) in [5.41, 5.74) is 1.09. The zero-order chi connectivity index (χ0) is 13.6. The monoisotopic (exact) mass is 272 g/mol. The highest BCUT2D eigenvalue weighted by Crippen LogP contribution is 2.10. The van der Waals surface area contributed by atoms with E-state index in [0.29, 0.717) is 0 Å². The van der Waals surface area contributed by atoms with Gasteiger partial charge in [0.1, 0.15) is 5.82 Å². The van der Waals surface area contributed by atoms with Gasteiger partial charge in [0.05, 0.1) is 0 Å². The summed E-state index contributed by atoms with van der Waals surface area (Å²) in [6, 6.07) is 5.99. The second kappa shape index (κ2) is 6.47. The highest BCUT2D eigenvalue weighted by atomic mass is 15.4. The van der Waals surface area contributed by atoms with Gasteiger partial charge in [-0.05, 0) is 31.5 Å².